The van der Waals surface area contributed by atoms with Crippen LogP contribution in [-0.4, -0.2) is 34.7 Å². The van der Waals surface area contributed by atoms with Crippen LogP contribution in [0.5, 0.6) is 5.75 Å². The number of fused-ring (bicyclic) bond motifs is 1. The molecule has 2 N–H and O–H groups in total. The second-order valence-electron chi connectivity index (χ2n) is 8.19. The highest BCUT2D eigenvalue weighted by Gasteiger charge is 2.19. The molecule has 2 aromatic carbocycles. The summed E-state index contributed by atoms with van der Waals surface area (Å²) in [4.78, 5) is 24.2. The van der Waals surface area contributed by atoms with E-state index in [0.29, 0.717) is 12.3 Å². The molecule has 170 valence electrons. The molecule has 0 bridgehead atoms. The molecule has 0 atom stereocenters. The Bertz CT molecular complexity index is 1110. The maximum Gasteiger partial charge on any atom is 0.325 e. The molecule has 3 rings (SSSR count). The van der Waals surface area contributed by atoms with Crippen molar-refractivity contribution in [3.63, 3.8) is 0 Å². The maximum absolute atomic E-state index is 12.6. The summed E-state index contributed by atoms with van der Waals surface area (Å²) in [5, 5.41) is 13.9. The fraction of sp³-hybridized carbons (Fsp3) is 0.385. The van der Waals surface area contributed by atoms with Gasteiger partial charge in [-0.3, -0.25) is 9.59 Å². The van der Waals surface area contributed by atoms with Crippen molar-refractivity contribution in [2.24, 2.45) is 0 Å². The molecule has 0 saturated heterocycles. The van der Waals surface area contributed by atoms with Gasteiger partial charge in [0, 0.05) is 23.1 Å². The second-order valence-corrected chi connectivity index (χ2v) is 8.19. The zero-order valence-corrected chi connectivity index (χ0v) is 19.3. The Morgan fingerprint density at radius 2 is 1.88 bits per heavy atom. The number of amides is 1. The van der Waals surface area contributed by atoms with Gasteiger partial charge in [-0.1, -0.05) is 51.1 Å². The quantitative estimate of drug-likeness (QED) is 0.490. The first-order valence-corrected chi connectivity index (χ1v) is 11.2. The van der Waals surface area contributed by atoms with E-state index in [1.54, 1.807) is 13.0 Å². The van der Waals surface area contributed by atoms with E-state index in [0.717, 1.165) is 39.7 Å². The number of phenols is 1. The summed E-state index contributed by atoms with van der Waals surface area (Å²) in [7, 11) is 0. The van der Waals surface area contributed by atoms with Gasteiger partial charge in [-0.25, -0.2) is 0 Å². The number of carbonyl (C=O) groups excluding carboxylic acids is 2. The molecule has 1 amide bonds. The van der Waals surface area contributed by atoms with Gasteiger partial charge in [-0.05, 0) is 48.1 Å². The first-order chi connectivity index (χ1) is 15.3. The number of nitrogens with zero attached hydrogens (tertiary/aromatic N) is 1. The summed E-state index contributed by atoms with van der Waals surface area (Å²) in [6, 6.07) is 13.8. The molecule has 0 aliphatic carbocycles. The van der Waals surface area contributed by atoms with E-state index in [4.69, 9.17) is 4.74 Å². The molecule has 0 aliphatic rings. The lowest BCUT2D eigenvalue weighted by Gasteiger charge is -2.14. The fourth-order valence-corrected chi connectivity index (χ4v) is 4.16. The lowest BCUT2D eigenvalue weighted by molar-refractivity contribution is -0.143. The molecule has 1 heterocycles. The van der Waals surface area contributed by atoms with Gasteiger partial charge in [-0.2, -0.15) is 0 Å². The Hall–Kier alpha value is -3.28. The molecule has 0 saturated carbocycles. The van der Waals surface area contributed by atoms with Crippen LogP contribution in [0.1, 0.15) is 56.0 Å². The Labute approximate surface area is 189 Å². The molecule has 0 radical (unpaired) electrons. The molecule has 0 unspecified atom stereocenters. The van der Waals surface area contributed by atoms with E-state index in [-0.39, 0.29) is 31.4 Å². The highest BCUT2D eigenvalue weighted by atomic mass is 16.5. The largest absolute Gasteiger partial charge is 0.508 e. The molecule has 6 heteroatoms. The molecule has 0 fully saturated rings. The van der Waals surface area contributed by atoms with Gasteiger partial charge in [0.25, 0.3) is 0 Å². The van der Waals surface area contributed by atoms with Crippen molar-refractivity contribution in [3.05, 3.63) is 64.8 Å². The normalized spacial score (nSPS) is 11.2. The number of carbonyl (C=O) groups is 2. The highest BCUT2D eigenvalue weighted by Crippen LogP contribution is 2.30. The van der Waals surface area contributed by atoms with Crippen molar-refractivity contribution in [1.29, 1.82) is 0 Å². The van der Waals surface area contributed by atoms with E-state index in [2.05, 4.69) is 42.8 Å². The third kappa shape index (κ3) is 5.13. The number of phenolic OH excluding ortho intramolecular Hbond substituents is 1. The third-order valence-corrected chi connectivity index (χ3v) is 5.66. The molecule has 0 aliphatic heterocycles. The van der Waals surface area contributed by atoms with Crippen LogP contribution in [0.3, 0.4) is 0 Å². The van der Waals surface area contributed by atoms with Crippen LogP contribution < -0.4 is 5.32 Å². The smallest absolute Gasteiger partial charge is 0.325 e. The number of esters is 1. The van der Waals surface area contributed by atoms with E-state index in [1.165, 1.54) is 0 Å². The zero-order chi connectivity index (χ0) is 23.3. The van der Waals surface area contributed by atoms with Crippen molar-refractivity contribution < 1.29 is 19.4 Å². The molecular weight excluding hydrogens is 404 g/mol. The molecule has 6 nitrogen and oxygen atoms in total. The molecule has 32 heavy (non-hydrogen) atoms. The summed E-state index contributed by atoms with van der Waals surface area (Å²) in [6.07, 6.45) is 0.965. The van der Waals surface area contributed by atoms with Crippen LogP contribution in [-0.2, 0) is 33.7 Å². The Kier molecular flexibility index (Phi) is 7.57. The Balaban J connectivity index is 1.94. The number of rotatable bonds is 9. The summed E-state index contributed by atoms with van der Waals surface area (Å²) in [5.74, 6) is -0.105. The zero-order valence-electron chi connectivity index (χ0n) is 19.3. The second kappa shape index (κ2) is 10.4. The summed E-state index contributed by atoms with van der Waals surface area (Å²) in [6.45, 7) is 8.76. The predicted octanol–water partition coefficient (Wildman–Crippen LogP) is 4.30. The molecule has 3 aromatic rings. The lowest BCUT2D eigenvalue weighted by Crippen LogP contribution is -2.31. The van der Waals surface area contributed by atoms with E-state index in [9.17, 15) is 14.7 Å². The van der Waals surface area contributed by atoms with Gasteiger partial charge in [0.15, 0.2) is 0 Å². The van der Waals surface area contributed by atoms with E-state index in [1.807, 2.05) is 24.3 Å². The fourth-order valence-electron chi connectivity index (χ4n) is 4.16. The first kappa shape index (κ1) is 23.4. The van der Waals surface area contributed by atoms with Gasteiger partial charge in [0.05, 0.1) is 13.0 Å². The van der Waals surface area contributed by atoms with Gasteiger partial charge >= 0.3 is 5.97 Å². The van der Waals surface area contributed by atoms with Crippen molar-refractivity contribution in [1.82, 2.24) is 9.88 Å². The minimum atomic E-state index is -0.438. The number of aromatic hydroxyl groups is 1. The topological polar surface area (TPSA) is 80.6 Å². The van der Waals surface area contributed by atoms with Gasteiger partial charge < -0.3 is 19.7 Å². The molecule has 0 spiro atoms. The van der Waals surface area contributed by atoms with Crippen molar-refractivity contribution >= 4 is 22.8 Å². The van der Waals surface area contributed by atoms with Crippen LogP contribution in [0.25, 0.3) is 10.9 Å². The number of aromatic nitrogens is 1. The van der Waals surface area contributed by atoms with Crippen molar-refractivity contribution in [2.45, 2.75) is 53.0 Å². The molecular formula is C26H32N2O4. The van der Waals surface area contributed by atoms with Crippen molar-refractivity contribution in [3.8, 4) is 5.75 Å². The number of para-hydroxylation sites is 1. The summed E-state index contributed by atoms with van der Waals surface area (Å²) in [5.41, 5.74) is 5.16. The minimum absolute atomic E-state index is 0.127. The van der Waals surface area contributed by atoms with Gasteiger partial charge in [-0.15, -0.1) is 0 Å². The summed E-state index contributed by atoms with van der Waals surface area (Å²) >= 11 is 0. The maximum atomic E-state index is 12.6. The van der Waals surface area contributed by atoms with Crippen molar-refractivity contribution in [2.75, 3.05) is 13.2 Å². The highest BCUT2D eigenvalue weighted by molar-refractivity contribution is 5.91. The Morgan fingerprint density at radius 3 is 2.56 bits per heavy atom. The van der Waals surface area contributed by atoms with Crippen LogP contribution in [0.15, 0.2) is 42.5 Å². The van der Waals surface area contributed by atoms with Crippen LogP contribution in [0.2, 0.25) is 0 Å². The van der Waals surface area contributed by atoms with E-state index < -0.39 is 5.97 Å². The average molecular weight is 437 g/mol. The third-order valence-electron chi connectivity index (χ3n) is 5.66. The number of benzene rings is 2. The van der Waals surface area contributed by atoms with Crippen LogP contribution in [0, 0.1) is 0 Å². The van der Waals surface area contributed by atoms with Gasteiger partial charge in [0.1, 0.15) is 12.3 Å². The lowest BCUT2D eigenvalue weighted by atomic mass is 9.99. The predicted molar refractivity (Wildman–Crippen MR) is 126 cm³/mol. The SMILES string of the molecule is CCOC(=O)CNC(=O)Cc1c(CC)n(Cc2ccc(O)c(C(C)C)c2)c2ccccc12. The number of nitrogens with one attached hydrogen (secondary N) is 1. The van der Waals surface area contributed by atoms with E-state index >= 15 is 0 Å². The number of hydrogen-bond donors (Lipinski definition) is 2. The van der Waals surface area contributed by atoms with Crippen LogP contribution >= 0.6 is 0 Å². The number of ether oxygens (including phenoxy) is 1. The minimum Gasteiger partial charge on any atom is -0.508 e. The summed E-state index contributed by atoms with van der Waals surface area (Å²) < 4.78 is 7.14. The average Bonchev–Trinajstić information content (AvgIpc) is 3.06. The monoisotopic (exact) mass is 436 g/mol. The molecule has 1 aromatic heterocycles. The van der Waals surface area contributed by atoms with Crippen LogP contribution in [0.4, 0.5) is 0 Å². The van der Waals surface area contributed by atoms with Gasteiger partial charge in [0.2, 0.25) is 5.91 Å². The Morgan fingerprint density at radius 1 is 1.12 bits per heavy atom. The number of hydrogen-bond acceptors (Lipinski definition) is 4. The standard InChI is InChI=1S/C26H32N2O4/c1-5-22-21(14-25(30)27-15-26(31)32-6-2)19-9-7-8-10-23(19)28(22)16-18-11-12-24(29)20(13-18)17(3)4/h7-13,17,29H,5-6,14-16H2,1-4H3,(H,27,30). The first-order valence-electron chi connectivity index (χ1n) is 11.2.